The summed E-state index contributed by atoms with van der Waals surface area (Å²) < 4.78 is 5.23. The number of urea groups is 1. The van der Waals surface area contributed by atoms with E-state index >= 15 is 0 Å². The van der Waals surface area contributed by atoms with Crippen LogP contribution in [-0.2, 0) is 4.79 Å². The van der Waals surface area contributed by atoms with Gasteiger partial charge >= 0.3 is 11.7 Å². The van der Waals surface area contributed by atoms with Gasteiger partial charge < -0.3 is 15.2 Å². The third kappa shape index (κ3) is 3.57. The van der Waals surface area contributed by atoms with E-state index in [1.54, 1.807) is 19.9 Å². The minimum atomic E-state index is -1.17. The number of benzene rings is 1. The summed E-state index contributed by atoms with van der Waals surface area (Å²) in [7, 11) is 0. The SMILES string of the molecule is CC1(C)NC(=O)N(CC(O)COc2ccccc2[N+](=O)[O-])C1=O. The van der Waals surface area contributed by atoms with Gasteiger partial charge in [-0.05, 0) is 19.9 Å². The average Bonchev–Trinajstić information content (AvgIpc) is 2.67. The number of rotatable bonds is 6. The maximum absolute atomic E-state index is 12.0. The largest absolute Gasteiger partial charge is 0.484 e. The second-order valence-corrected chi connectivity index (χ2v) is 5.66. The zero-order valence-electron chi connectivity index (χ0n) is 12.7. The van der Waals surface area contributed by atoms with Gasteiger partial charge in [0, 0.05) is 6.07 Å². The first-order valence-corrected chi connectivity index (χ1v) is 6.91. The Morgan fingerprint density at radius 3 is 2.61 bits per heavy atom. The molecular formula is C14H17N3O6. The number of hydrogen-bond acceptors (Lipinski definition) is 6. The highest BCUT2D eigenvalue weighted by molar-refractivity contribution is 6.06. The van der Waals surface area contributed by atoms with Crippen LogP contribution in [0.1, 0.15) is 13.8 Å². The molecule has 0 spiro atoms. The zero-order chi connectivity index (χ0) is 17.2. The van der Waals surface area contributed by atoms with E-state index in [0.717, 1.165) is 4.90 Å². The topological polar surface area (TPSA) is 122 Å². The van der Waals surface area contributed by atoms with E-state index in [9.17, 15) is 24.8 Å². The molecule has 0 aromatic heterocycles. The Kier molecular flexibility index (Phi) is 4.50. The van der Waals surface area contributed by atoms with Gasteiger partial charge in [-0.1, -0.05) is 12.1 Å². The Morgan fingerprint density at radius 1 is 1.39 bits per heavy atom. The number of aliphatic hydroxyl groups is 1. The van der Waals surface area contributed by atoms with Crippen LogP contribution in [0.15, 0.2) is 24.3 Å². The van der Waals surface area contributed by atoms with Crippen molar-refractivity contribution in [2.24, 2.45) is 0 Å². The van der Waals surface area contributed by atoms with Crippen molar-refractivity contribution in [1.29, 1.82) is 0 Å². The number of carbonyl (C=O) groups is 2. The van der Waals surface area contributed by atoms with E-state index in [0.29, 0.717) is 0 Å². The zero-order valence-corrected chi connectivity index (χ0v) is 12.7. The number of nitrogens with zero attached hydrogens (tertiary/aromatic N) is 2. The fourth-order valence-corrected chi connectivity index (χ4v) is 2.16. The number of β-amino-alcohol motifs (C(OH)–C–C–N with tert-alkyl or cyclic N) is 1. The average molecular weight is 323 g/mol. The number of aliphatic hydroxyl groups excluding tert-OH is 1. The first-order chi connectivity index (χ1) is 10.7. The standard InChI is InChI=1S/C14H17N3O6/c1-14(2)12(19)16(13(20)15-14)7-9(18)8-23-11-6-4-3-5-10(11)17(21)22/h3-6,9,18H,7-8H2,1-2H3,(H,15,20). The Morgan fingerprint density at radius 2 is 2.04 bits per heavy atom. The third-order valence-electron chi connectivity index (χ3n) is 3.33. The first-order valence-electron chi connectivity index (χ1n) is 6.91. The lowest BCUT2D eigenvalue weighted by Crippen LogP contribution is -2.42. The summed E-state index contributed by atoms with van der Waals surface area (Å²) in [4.78, 5) is 34.9. The maximum atomic E-state index is 12.0. The van der Waals surface area contributed by atoms with Crippen LogP contribution in [-0.4, -0.2) is 51.7 Å². The van der Waals surface area contributed by atoms with Gasteiger partial charge in [-0.25, -0.2) is 4.79 Å². The number of para-hydroxylation sites is 2. The molecule has 1 unspecified atom stereocenters. The van der Waals surface area contributed by atoms with Crippen molar-refractivity contribution in [1.82, 2.24) is 10.2 Å². The molecule has 0 radical (unpaired) electrons. The van der Waals surface area contributed by atoms with Crippen LogP contribution >= 0.6 is 0 Å². The Hall–Kier alpha value is -2.68. The van der Waals surface area contributed by atoms with Gasteiger partial charge in [0.25, 0.3) is 5.91 Å². The second-order valence-electron chi connectivity index (χ2n) is 5.66. The first kappa shape index (κ1) is 16.7. The third-order valence-corrected chi connectivity index (χ3v) is 3.33. The Labute approximate surface area is 132 Å². The summed E-state index contributed by atoms with van der Waals surface area (Å²) in [6, 6.07) is 5.15. The number of ether oxygens (including phenoxy) is 1. The van der Waals surface area contributed by atoms with Crippen molar-refractivity contribution in [3.63, 3.8) is 0 Å². The van der Waals surface area contributed by atoms with Crippen molar-refractivity contribution in [3.8, 4) is 5.75 Å². The smallest absolute Gasteiger partial charge is 0.325 e. The van der Waals surface area contributed by atoms with Gasteiger partial charge in [-0.3, -0.25) is 19.8 Å². The number of carbonyl (C=O) groups excluding carboxylic acids is 2. The molecule has 1 aromatic carbocycles. The second kappa shape index (κ2) is 6.21. The summed E-state index contributed by atoms with van der Waals surface area (Å²) in [6.07, 6.45) is -1.17. The lowest BCUT2D eigenvalue weighted by atomic mass is 10.1. The summed E-state index contributed by atoms with van der Waals surface area (Å²) in [5.74, 6) is -0.443. The van der Waals surface area contributed by atoms with E-state index in [1.165, 1.54) is 18.2 Å². The van der Waals surface area contributed by atoms with Crippen molar-refractivity contribution >= 4 is 17.6 Å². The normalized spacial score (nSPS) is 17.8. The highest BCUT2D eigenvalue weighted by atomic mass is 16.6. The molecule has 1 aromatic rings. The number of imide groups is 1. The van der Waals surface area contributed by atoms with Crippen LogP contribution in [0.5, 0.6) is 5.75 Å². The lowest BCUT2D eigenvalue weighted by molar-refractivity contribution is -0.385. The van der Waals surface area contributed by atoms with Gasteiger partial charge in [-0.2, -0.15) is 0 Å². The molecule has 1 atom stereocenters. The van der Waals surface area contributed by atoms with Crippen LogP contribution in [0, 0.1) is 10.1 Å². The maximum Gasteiger partial charge on any atom is 0.325 e. The Bertz CT molecular complexity index is 645. The number of hydrogen-bond donors (Lipinski definition) is 2. The predicted octanol–water partition coefficient (Wildman–Crippen LogP) is 0.665. The molecule has 9 heteroatoms. The summed E-state index contributed by atoms with van der Waals surface area (Å²) in [6.45, 7) is 2.57. The van der Waals surface area contributed by atoms with Gasteiger partial charge in [0.05, 0.1) is 11.5 Å². The van der Waals surface area contributed by atoms with E-state index in [4.69, 9.17) is 4.74 Å². The molecule has 1 heterocycles. The molecule has 1 saturated heterocycles. The molecule has 9 nitrogen and oxygen atoms in total. The molecular weight excluding hydrogens is 306 g/mol. The van der Waals surface area contributed by atoms with Gasteiger partial charge in [0.15, 0.2) is 5.75 Å². The molecule has 0 saturated carbocycles. The molecule has 2 rings (SSSR count). The molecule has 1 fully saturated rings. The van der Waals surface area contributed by atoms with Gasteiger partial charge in [-0.15, -0.1) is 0 Å². The monoisotopic (exact) mass is 323 g/mol. The fraction of sp³-hybridized carbons (Fsp3) is 0.429. The lowest BCUT2D eigenvalue weighted by Gasteiger charge is -2.19. The van der Waals surface area contributed by atoms with Gasteiger partial charge in [0.1, 0.15) is 18.2 Å². The number of nitrogens with one attached hydrogen (secondary N) is 1. The van der Waals surface area contributed by atoms with Crippen molar-refractivity contribution in [3.05, 3.63) is 34.4 Å². The predicted molar refractivity (Wildman–Crippen MR) is 78.9 cm³/mol. The summed E-state index contributed by atoms with van der Waals surface area (Å²) >= 11 is 0. The quantitative estimate of drug-likeness (QED) is 0.450. The molecule has 2 N–H and O–H groups in total. The molecule has 0 bridgehead atoms. The van der Waals surface area contributed by atoms with Crippen molar-refractivity contribution in [2.45, 2.75) is 25.5 Å². The fourth-order valence-electron chi connectivity index (χ4n) is 2.16. The number of nitro benzene ring substituents is 1. The number of nitro groups is 1. The molecule has 23 heavy (non-hydrogen) atoms. The van der Waals surface area contributed by atoms with E-state index < -0.39 is 28.5 Å². The van der Waals surface area contributed by atoms with E-state index in [1.807, 2.05) is 0 Å². The summed E-state index contributed by atoms with van der Waals surface area (Å²) in [5, 5.41) is 23.3. The molecule has 3 amide bonds. The van der Waals surface area contributed by atoms with Crippen LogP contribution in [0.25, 0.3) is 0 Å². The Balaban J connectivity index is 1.96. The van der Waals surface area contributed by atoms with Gasteiger partial charge in [0.2, 0.25) is 0 Å². The van der Waals surface area contributed by atoms with Crippen molar-refractivity contribution < 1.29 is 24.4 Å². The highest BCUT2D eigenvalue weighted by Crippen LogP contribution is 2.26. The van der Waals surface area contributed by atoms with Crippen LogP contribution < -0.4 is 10.1 Å². The summed E-state index contributed by atoms with van der Waals surface area (Å²) in [5.41, 5.74) is -1.24. The molecule has 0 aliphatic carbocycles. The van der Waals surface area contributed by atoms with Crippen LogP contribution in [0.2, 0.25) is 0 Å². The molecule has 124 valence electrons. The van der Waals surface area contributed by atoms with Crippen LogP contribution in [0.3, 0.4) is 0 Å². The van der Waals surface area contributed by atoms with Crippen LogP contribution in [0.4, 0.5) is 10.5 Å². The highest BCUT2D eigenvalue weighted by Gasteiger charge is 2.44. The van der Waals surface area contributed by atoms with Crippen molar-refractivity contribution in [2.75, 3.05) is 13.2 Å². The molecule has 1 aliphatic rings. The minimum absolute atomic E-state index is 0.00841. The number of amides is 3. The van der Waals surface area contributed by atoms with E-state index in [2.05, 4.69) is 5.32 Å². The molecule has 1 aliphatic heterocycles. The van der Waals surface area contributed by atoms with E-state index in [-0.39, 0.29) is 24.6 Å². The minimum Gasteiger partial charge on any atom is -0.484 e.